The maximum atomic E-state index is 6.76. The van der Waals surface area contributed by atoms with Crippen LogP contribution in [0.4, 0.5) is 0 Å². The van der Waals surface area contributed by atoms with E-state index < -0.39 is 0 Å². The van der Waals surface area contributed by atoms with Gasteiger partial charge in [0.25, 0.3) is 0 Å². The lowest BCUT2D eigenvalue weighted by Crippen LogP contribution is -2.07. The fraction of sp³-hybridized carbons (Fsp3) is 0.571. The van der Waals surface area contributed by atoms with E-state index in [0.29, 0.717) is 23.7 Å². The van der Waals surface area contributed by atoms with Crippen LogP contribution in [0.1, 0.15) is 127 Å². The molecule has 0 radical (unpaired) electrons. The second kappa shape index (κ2) is 10.9. The van der Waals surface area contributed by atoms with Crippen LogP contribution in [0.2, 0.25) is 0 Å². The van der Waals surface area contributed by atoms with E-state index in [1.54, 1.807) is 0 Å². The van der Waals surface area contributed by atoms with E-state index in [1.807, 2.05) is 0 Å². The molecule has 0 aliphatic rings. The minimum absolute atomic E-state index is 0.486. The summed E-state index contributed by atoms with van der Waals surface area (Å²) < 4.78 is 6.76. The zero-order valence-corrected chi connectivity index (χ0v) is 20.0. The first-order valence-corrected chi connectivity index (χ1v) is 11.8. The average Bonchev–Trinajstić information content (AvgIpc) is 2.76. The molecule has 160 valence electrons. The number of ether oxygens (including phenoxy) is 1. The first-order chi connectivity index (χ1) is 13.9. The van der Waals surface area contributed by atoms with E-state index in [2.05, 4.69) is 91.8 Å². The maximum Gasteiger partial charge on any atom is 0.131 e. The molecule has 0 spiro atoms. The van der Waals surface area contributed by atoms with Gasteiger partial charge in [0.05, 0.1) is 0 Å². The van der Waals surface area contributed by atoms with Crippen molar-refractivity contribution in [3.63, 3.8) is 0 Å². The minimum atomic E-state index is 0.486. The molecular weight excluding hydrogens is 352 g/mol. The van der Waals surface area contributed by atoms with Gasteiger partial charge in [0.1, 0.15) is 11.5 Å². The molecule has 1 nitrogen and oxygen atoms in total. The normalized spacial score (nSPS) is 15.6. The topological polar surface area (TPSA) is 9.23 Å². The van der Waals surface area contributed by atoms with Gasteiger partial charge in [-0.05, 0) is 72.6 Å². The first kappa shape index (κ1) is 23.5. The third-order valence-corrected chi connectivity index (χ3v) is 6.92. The summed E-state index contributed by atoms with van der Waals surface area (Å²) in [5.74, 6) is 4.15. The zero-order valence-electron chi connectivity index (χ0n) is 20.0. The largest absolute Gasteiger partial charge is 0.457 e. The van der Waals surface area contributed by atoms with Crippen LogP contribution >= 0.6 is 0 Å². The van der Waals surface area contributed by atoms with Gasteiger partial charge in [-0.2, -0.15) is 0 Å². The first-order valence-electron chi connectivity index (χ1n) is 11.8. The molecule has 0 saturated carbocycles. The second-order valence-electron chi connectivity index (χ2n) is 8.86. The van der Waals surface area contributed by atoms with Gasteiger partial charge < -0.3 is 4.74 Å². The summed E-state index contributed by atoms with van der Waals surface area (Å²) >= 11 is 0. The molecule has 1 heteroatoms. The number of benzene rings is 2. The summed E-state index contributed by atoms with van der Waals surface area (Å²) in [5.41, 5.74) is 5.69. The van der Waals surface area contributed by atoms with Crippen molar-refractivity contribution in [3.8, 4) is 11.5 Å². The summed E-state index contributed by atoms with van der Waals surface area (Å²) in [6.45, 7) is 18.4. The highest BCUT2D eigenvalue weighted by Crippen LogP contribution is 2.42. The molecule has 0 amide bonds. The van der Waals surface area contributed by atoms with Crippen molar-refractivity contribution in [3.05, 3.63) is 58.7 Å². The molecular formula is C28H42O. The lowest BCUT2D eigenvalue weighted by atomic mass is 9.85. The van der Waals surface area contributed by atoms with Crippen molar-refractivity contribution >= 4 is 0 Å². The highest BCUT2D eigenvalue weighted by Gasteiger charge is 2.22. The van der Waals surface area contributed by atoms with Crippen molar-refractivity contribution < 1.29 is 4.74 Å². The third kappa shape index (κ3) is 5.24. The van der Waals surface area contributed by atoms with Gasteiger partial charge in [-0.1, -0.05) is 79.7 Å². The summed E-state index contributed by atoms with van der Waals surface area (Å²) in [6.07, 6.45) is 4.53. The molecule has 0 N–H and O–H groups in total. The molecule has 29 heavy (non-hydrogen) atoms. The Morgan fingerprint density at radius 3 is 1.21 bits per heavy atom. The molecule has 4 unspecified atom stereocenters. The Balaban J connectivity index is 2.62. The smallest absolute Gasteiger partial charge is 0.131 e. The minimum Gasteiger partial charge on any atom is -0.457 e. The molecule has 2 rings (SSSR count). The predicted molar refractivity (Wildman–Crippen MR) is 128 cm³/mol. The Labute approximate surface area is 179 Å². The van der Waals surface area contributed by atoms with Crippen molar-refractivity contribution in [1.29, 1.82) is 0 Å². The summed E-state index contributed by atoms with van der Waals surface area (Å²) in [5, 5.41) is 0. The van der Waals surface area contributed by atoms with Crippen LogP contribution in [0.3, 0.4) is 0 Å². The summed E-state index contributed by atoms with van der Waals surface area (Å²) in [4.78, 5) is 0. The van der Waals surface area contributed by atoms with Crippen LogP contribution in [0.15, 0.2) is 36.4 Å². The molecule has 0 aromatic heterocycles. The lowest BCUT2D eigenvalue weighted by Gasteiger charge is -2.26. The molecule has 0 fully saturated rings. The Morgan fingerprint density at radius 1 is 0.552 bits per heavy atom. The molecule has 0 bridgehead atoms. The molecule has 2 aromatic carbocycles. The van der Waals surface area contributed by atoms with Crippen LogP contribution in [0.5, 0.6) is 11.5 Å². The lowest BCUT2D eigenvalue weighted by molar-refractivity contribution is 0.454. The molecule has 2 aromatic rings. The molecule has 0 aliphatic carbocycles. The quantitative estimate of drug-likeness (QED) is 0.390. The fourth-order valence-electron chi connectivity index (χ4n) is 4.18. The summed E-state index contributed by atoms with van der Waals surface area (Å²) in [7, 11) is 0. The monoisotopic (exact) mass is 394 g/mol. The Bertz CT molecular complexity index is 710. The standard InChI is InChI=1S/C28H42O/c1-9-19(5)23-15-13-17-25(27(23)21(7)11-3)29-26-18-14-16-24(20(6)10-2)28(26)22(8)12-4/h13-22H,9-12H2,1-8H3. The van der Waals surface area contributed by atoms with Crippen molar-refractivity contribution in [2.45, 2.75) is 105 Å². The predicted octanol–water partition coefficient (Wildman–Crippen LogP) is 9.53. The van der Waals surface area contributed by atoms with Crippen LogP contribution in [-0.4, -0.2) is 0 Å². The van der Waals surface area contributed by atoms with Crippen LogP contribution in [0, 0.1) is 0 Å². The number of hydrogen-bond donors (Lipinski definition) is 0. The van der Waals surface area contributed by atoms with Crippen LogP contribution in [-0.2, 0) is 0 Å². The zero-order chi connectivity index (χ0) is 21.6. The van der Waals surface area contributed by atoms with Gasteiger partial charge in [-0.25, -0.2) is 0 Å². The Kier molecular flexibility index (Phi) is 8.80. The highest BCUT2D eigenvalue weighted by molar-refractivity contribution is 5.50. The number of hydrogen-bond acceptors (Lipinski definition) is 1. The van der Waals surface area contributed by atoms with Gasteiger partial charge in [0, 0.05) is 11.1 Å². The Hall–Kier alpha value is -1.76. The van der Waals surface area contributed by atoms with Crippen LogP contribution in [0.25, 0.3) is 0 Å². The fourth-order valence-corrected chi connectivity index (χ4v) is 4.18. The van der Waals surface area contributed by atoms with Gasteiger partial charge >= 0.3 is 0 Å². The summed E-state index contributed by atoms with van der Waals surface area (Å²) in [6, 6.07) is 13.3. The van der Waals surface area contributed by atoms with E-state index in [-0.39, 0.29) is 0 Å². The maximum absolute atomic E-state index is 6.76. The van der Waals surface area contributed by atoms with E-state index >= 15 is 0 Å². The van der Waals surface area contributed by atoms with Crippen molar-refractivity contribution in [2.24, 2.45) is 0 Å². The molecule has 0 heterocycles. The Morgan fingerprint density at radius 2 is 0.897 bits per heavy atom. The average molecular weight is 395 g/mol. The van der Waals surface area contributed by atoms with Gasteiger partial charge in [-0.3, -0.25) is 0 Å². The molecule has 0 aliphatic heterocycles. The van der Waals surface area contributed by atoms with Gasteiger partial charge in [0.15, 0.2) is 0 Å². The van der Waals surface area contributed by atoms with Gasteiger partial charge in [-0.15, -0.1) is 0 Å². The molecule has 4 atom stereocenters. The second-order valence-corrected chi connectivity index (χ2v) is 8.86. The third-order valence-electron chi connectivity index (χ3n) is 6.92. The van der Waals surface area contributed by atoms with E-state index in [9.17, 15) is 0 Å². The van der Waals surface area contributed by atoms with Gasteiger partial charge in [0.2, 0.25) is 0 Å². The van der Waals surface area contributed by atoms with Crippen LogP contribution < -0.4 is 4.74 Å². The number of rotatable bonds is 10. The highest BCUT2D eigenvalue weighted by atomic mass is 16.5. The van der Waals surface area contributed by atoms with Crippen molar-refractivity contribution in [2.75, 3.05) is 0 Å². The SMILES string of the molecule is CCC(C)c1cccc(Oc2cccc(C(C)CC)c2C(C)CC)c1C(C)CC. The molecule has 0 saturated heterocycles. The van der Waals surface area contributed by atoms with E-state index in [4.69, 9.17) is 4.74 Å². The van der Waals surface area contributed by atoms with Crippen molar-refractivity contribution in [1.82, 2.24) is 0 Å². The van der Waals surface area contributed by atoms with E-state index in [1.165, 1.54) is 22.3 Å². The van der Waals surface area contributed by atoms with E-state index in [0.717, 1.165) is 37.2 Å².